The minimum atomic E-state index is -0.217. The molecule has 5 nitrogen and oxygen atoms in total. The maximum absolute atomic E-state index is 12.4. The van der Waals surface area contributed by atoms with Gasteiger partial charge in [-0.15, -0.1) is 0 Å². The smallest absolute Gasteiger partial charge is 0.249 e. The van der Waals surface area contributed by atoms with Crippen LogP contribution in [0.1, 0.15) is 35.9 Å². The number of hydrogen-bond acceptors (Lipinski definition) is 4. The number of amides is 1. The molecule has 6 heteroatoms. The summed E-state index contributed by atoms with van der Waals surface area (Å²) in [6.45, 7) is 2.47. The Bertz CT molecular complexity index is 936. The van der Waals surface area contributed by atoms with E-state index in [1.165, 1.54) is 5.56 Å². The molecule has 1 fully saturated rings. The van der Waals surface area contributed by atoms with Gasteiger partial charge in [0.15, 0.2) is 0 Å². The van der Waals surface area contributed by atoms with Crippen molar-refractivity contribution in [3.05, 3.63) is 70.6 Å². The molecule has 3 aromatic rings. The van der Waals surface area contributed by atoms with Crippen molar-refractivity contribution >= 4 is 17.5 Å². The van der Waals surface area contributed by atoms with Crippen LogP contribution in [0.3, 0.4) is 0 Å². The highest BCUT2D eigenvalue weighted by atomic mass is 35.5. The van der Waals surface area contributed by atoms with Gasteiger partial charge in [-0.25, -0.2) is 0 Å². The van der Waals surface area contributed by atoms with Gasteiger partial charge in [0.25, 0.3) is 0 Å². The van der Waals surface area contributed by atoms with Crippen LogP contribution in [-0.4, -0.2) is 20.9 Å². The number of rotatable bonds is 4. The zero-order chi connectivity index (χ0) is 18.1. The number of aromatic nitrogens is 2. The Balaban J connectivity index is 1.59. The fraction of sp³-hybridized carbons (Fsp3) is 0.250. The third kappa shape index (κ3) is 3.22. The maximum Gasteiger partial charge on any atom is 0.249 e. The number of carbonyl (C=O) groups excluding carboxylic acids is 1. The van der Waals surface area contributed by atoms with Crippen LogP contribution in [0, 0.1) is 6.92 Å². The average Bonchev–Trinajstić information content (AvgIpc) is 3.25. The van der Waals surface area contributed by atoms with Crippen LogP contribution >= 0.6 is 11.6 Å². The lowest BCUT2D eigenvalue weighted by atomic mass is 10.1. The van der Waals surface area contributed by atoms with Gasteiger partial charge in [-0.1, -0.05) is 64.8 Å². The molecule has 1 saturated heterocycles. The minimum Gasteiger partial charge on any atom is -0.337 e. The number of nitrogens with zero attached hydrogens (tertiary/aromatic N) is 3. The van der Waals surface area contributed by atoms with E-state index >= 15 is 0 Å². The van der Waals surface area contributed by atoms with E-state index in [1.807, 2.05) is 55.5 Å². The first kappa shape index (κ1) is 16.8. The molecule has 0 saturated carbocycles. The van der Waals surface area contributed by atoms with E-state index in [0.29, 0.717) is 36.1 Å². The van der Waals surface area contributed by atoms with E-state index in [9.17, 15) is 4.79 Å². The van der Waals surface area contributed by atoms with Crippen molar-refractivity contribution in [1.82, 2.24) is 15.0 Å². The molecule has 1 aromatic heterocycles. The fourth-order valence-electron chi connectivity index (χ4n) is 3.19. The minimum absolute atomic E-state index is 0.0741. The van der Waals surface area contributed by atoms with Crippen molar-refractivity contribution in [1.29, 1.82) is 0 Å². The first-order valence-electron chi connectivity index (χ1n) is 8.55. The molecule has 1 aliphatic rings. The molecule has 1 atom stereocenters. The predicted molar refractivity (Wildman–Crippen MR) is 98.4 cm³/mol. The highest BCUT2D eigenvalue weighted by molar-refractivity contribution is 6.31. The van der Waals surface area contributed by atoms with Gasteiger partial charge in [0.2, 0.25) is 17.6 Å². The van der Waals surface area contributed by atoms with Gasteiger partial charge in [-0.05, 0) is 25.0 Å². The van der Waals surface area contributed by atoms with Gasteiger partial charge in [0.05, 0.1) is 0 Å². The Kier molecular flexibility index (Phi) is 4.47. The number of carbonyl (C=O) groups is 1. The van der Waals surface area contributed by atoms with Crippen molar-refractivity contribution < 1.29 is 9.32 Å². The third-order valence-electron chi connectivity index (χ3n) is 4.66. The van der Waals surface area contributed by atoms with Gasteiger partial charge in [0, 0.05) is 23.6 Å². The molecule has 4 rings (SSSR count). The lowest BCUT2D eigenvalue weighted by molar-refractivity contribution is -0.129. The monoisotopic (exact) mass is 367 g/mol. The molecular weight excluding hydrogens is 350 g/mol. The van der Waals surface area contributed by atoms with Crippen molar-refractivity contribution in [3.63, 3.8) is 0 Å². The summed E-state index contributed by atoms with van der Waals surface area (Å²) in [5.41, 5.74) is 2.98. The fourth-order valence-corrected chi connectivity index (χ4v) is 3.38. The second-order valence-electron chi connectivity index (χ2n) is 6.49. The summed E-state index contributed by atoms with van der Waals surface area (Å²) in [6.07, 6.45) is 1.14. The summed E-state index contributed by atoms with van der Waals surface area (Å²) < 4.78 is 5.49. The lowest BCUT2D eigenvalue weighted by Gasteiger charge is -2.22. The number of likely N-dealkylation sites (tertiary alicyclic amines) is 1. The Hall–Kier alpha value is -2.66. The zero-order valence-corrected chi connectivity index (χ0v) is 15.1. The highest BCUT2D eigenvalue weighted by Crippen LogP contribution is 2.35. The predicted octanol–water partition coefficient (Wildman–Crippen LogP) is 4.56. The quantitative estimate of drug-likeness (QED) is 0.678. The third-order valence-corrected chi connectivity index (χ3v) is 5.03. The standard InChI is InChI=1S/C20H18ClN3O2/c1-13-6-8-14(9-7-13)19-22-20(26-23-19)17-10-11-18(25)24(17)12-15-4-2-3-5-16(15)21/h2-9,17H,10-12H2,1H3. The number of hydrogen-bond donors (Lipinski definition) is 0. The maximum atomic E-state index is 12.4. The lowest BCUT2D eigenvalue weighted by Crippen LogP contribution is -2.27. The average molecular weight is 368 g/mol. The first-order chi connectivity index (χ1) is 12.6. The van der Waals surface area contributed by atoms with Crippen LogP contribution in [0.5, 0.6) is 0 Å². The second-order valence-corrected chi connectivity index (χ2v) is 6.90. The van der Waals surface area contributed by atoms with E-state index in [1.54, 1.807) is 4.90 Å². The molecule has 0 radical (unpaired) electrons. The van der Waals surface area contributed by atoms with Crippen molar-refractivity contribution in [2.24, 2.45) is 0 Å². The summed E-state index contributed by atoms with van der Waals surface area (Å²) in [5, 5.41) is 4.74. The molecule has 0 aliphatic carbocycles. The molecule has 1 unspecified atom stereocenters. The second kappa shape index (κ2) is 6.92. The van der Waals surface area contributed by atoms with Gasteiger partial charge in [-0.2, -0.15) is 4.98 Å². The van der Waals surface area contributed by atoms with E-state index in [2.05, 4.69) is 10.1 Å². The van der Waals surface area contributed by atoms with Crippen molar-refractivity contribution in [2.75, 3.05) is 0 Å². The SMILES string of the molecule is Cc1ccc(-c2noc(C3CCC(=O)N3Cc3ccccc3Cl)n2)cc1. The Labute approximate surface area is 156 Å². The van der Waals surface area contributed by atoms with Gasteiger partial charge in [-0.3, -0.25) is 4.79 Å². The summed E-state index contributed by atoms with van der Waals surface area (Å²) >= 11 is 6.25. The molecule has 2 heterocycles. The molecule has 1 aliphatic heterocycles. The molecular formula is C20H18ClN3O2. The van der Waals surface area contributed by atoms with Crippen LogP contribution in [0.15, 0.2) is 53.1 Å². The van der Waals surface area contributed by atoms with Crippen molar-refractivity contribution in [2.45, 2.75) is 32.4 Å². The van der Waals surface area contributed by atoms with Crippen LogP contribution in [0.2, 0.25) is 5.02 Å². The Morgan fingerprint density at radius 2 is 1.96 bits per heavy atom. The number of halogens is 1. The topological polar surface area (TPSA) is 59.2 Å². The summed E-state index contributed by atoms with van der Waals surface area (Å²) in [5.74, 6) is 1.08. The summed E-state index contributed by atoms with van der Waals surface area (Å²) in [4.78, 5) is 18.7. The Morgan fingerprint density at radius 3 is 2.73 bits per heavy atom. The van der Waals surface area contributed by atoms with Gasteiger partial charge >= 0.3 is 0 Å². The van der Waals surface area contributed by atoms with Crippen molar-refractivity contribution in [3.8, 4) is 11.4 Å². The summed E-state index contributed by atoms with van der Waals surface area (Å²) in [7, 11) is 0. The van der Waals surface area contributed by atoms with E-state index < -0.39 is 0 Å². The number of aryl methyl sites for hydroxylation is 1. The molecule has 2 aromatic carbocycles. The van der Waals surface area contributed by atoms with E-state index in [4.69, 9.17) is 16.1 Å². The normalized spacial score (nSPS) is 17.1. The van der Waals surface area contributed by atoms with Crippen LogP contribution in [-0.2, 0) is 11.3 Å². The molecule has 132 valence electrons. The van der Waals surface area contributed by atoms with Crippen LogP contribution in [0.4, 0.5) is 0 Å². The molecule has 0 N–H and O–H groups in total. The summed E-state index contributed by atoms with van der Waals surface area (Å²) in [6, 6.07) is 15.3. The largest absolute Gasteiger partial charge is 0.337 e. The molecule has 1 amide bonds. The van der Waals surface area contributed by atoms with E-state index in [0.717, 1.165) is 11.1 Å². The van der Waals surface area contributed by atoms with Gasteiger partial charge < -0.3 is 9.42 Å². The zero-order valence-electron chi connectivity index (χ0n) is 14.4. The Morgan fingerprint density at radius 1 is 1.19 bits per heavy atom. The first-order valence-corrected chi connectivity index (χ1v) is 8.93. The molecule has 0 spiro atoms. The van der Waals surface area contributed by atoms with E-state index in [-0.39, 0.29) is 11.9 Å². The van der Waals surface area contributed by atoms with Gasteiger partial charge in [0.1, 0.15) is 6.04 Å². The highest BCUT2D eigenvalue weighted by Gasteiger charge is 2.36. The number of benzene rings is 2. The van der Waals surface area contributed by atoms with Crippen LogP contribution in [0.25, 0.3) is 11.4 Å². The van der Waals surface area contributed by atoms with Crippen LogP contribution < -0.4 is 0 Å². The molecule has 0 bridgehead atoms. The molecule has 26 heavy (non-hydrogen) atoms.